The molecule has 0 N–H and O–H groups in total. The van der Waals surface area contributed by atoms with Crippen LogP contribution in [-0.2, 0) is 0 Å². The van der Waals surface area contributed by atoms with E-state index in [-0.39, 0.29) is 0 Å². The highest BCUT2D eigenvalue weighted by atomic mass is 14.9. The van der Waals surface area contributed by atoms with Gasteiger partial charge in [0.05, 0.1) is 22.6 Å². The van der Waals surface area contributed by atoms with Crippen molar-refractivity contribution in [3.8, 4) is 45.2 Å². The zero-order chi connectivity index (χ0) is 35.6. The molecule has 0 radical (unpaired) electrons. The number of rotatable bonds is 4. The Balaban J connectivity index is 1.19. The molecule has 0 bridgehead atoms. The van der Waals surface area contributed by atoms with Crippen LogP contribution in [-0.4, -0.2) is 15.0 Å². The van der Waals surface area contributed by atoms with Crippen LogP contribution in [0.4, 0.5) is 0 Å². The summed E-state index contributed by atoms with van der Waals surface area (Å²) < 4.78 is 0. The highest BCUT2D eigenvalue weighted by Gasteiger charge is 2.19. The number of hydrogen-bond acceptors (Lipinski definition) is 3. The highest BCUT2D eigenvalue weighted by Crippen LogP contribution is 2.43. The molecule has 0 unspecified atom stereocenters. The minimum absolute atomic E-state index is 0.699. The highest BCUT2D eigenvalue weighted by molar-refractivity contribution is 6.33. The monoisotopic (exact) mass is 685 g/mol. The van der Waals surface area contributed by atoms with E-state index in [9.17, 15) is 0 Å². The number of hydrogen-bond donors (Lipinski definition) is 0. The fraction of sp³-hybridized carbons (Fsp3) is 0. The molecule has 54 heavy (non-hydrogen) atoms. The summed E-state index contributed by atoms with van der Waals surface area (Å²) >= 11 is 0. The molecule has 0 aliphatic heterocycles. The van der Waals surface area contributed by atoms with Gasteiger partial charge < -0.3 is 0 Å². The van der Waals surface area contributed by atoms with Crippen molar-refractivity contribution < 1.29 is 0 Å². The van der Waals surface area contributed by atoms with Crippen molar-refractivity contribution in [2.45, 2.75) is 0 Å². The van der Waals surface area contributed by atoms with Crippen molar-refractivity contribution in [3.05, 3.63) is 188 Å². The molecule has 2 aromatic heterocycles. The Morgan fingerprint density at radius 3 is 1.52 bits per heavy atom. The Kier molecular flexibility index (Phi) is 6.86. The molecule has 3 nitrogen and oxygen atoms in total. The number of aromatic nitrogens is 3. The van der Waals surface area contributed by atoms with Crippen LogP contribution >= 0.6 is 0 Å². The van der Waals surface area contributed by atoms with Gasteiger partial charge in [0, 0.05) is 38.4 Å². The van der Waals surface area contributed by atoms with Crippen molar-refractivity contribution in [1.29, 1.82) is 0 Å². The number of para-hydroxylation sites is 1. The molecule has 11 rings (SSSR count). The van der Waals surface area contributed by atoms with Crippen molar-refractivity contribution in [2.24, 2.45) is 0 Å². The van der Waals surface area contributed by atoms with E-state index in [1.165, 1.54) is 32.3 Å². The van der Waals surface area contributed by atoms with Crippen LogP contribution in [0, 0.1) is 0 Å². The average Bonchev–Trinajstić information content (AvgIpc) is 3.25. The predicted molar refractivity (Wildman–Crippen MR) is 227 cm³/mol. The van der Waals surface area contributed by atoms with Gasteiger partial charge in [-0.05, 0) is 61.3 Å². The normalized spacial score (nSPS) is 11.7. The smallest absolute Gasteiger partial charge is 0.161 e. The summed E-state index contributed by atoms with van der Waals surface area (Å²) in [6, 6.07) is 66.7. The minimum Gasteiger partial charge on any atom is -0.247 e. The first-order valence-corrected chi connectivity index (χ1v) is 18.4. The lowest BCUT2D eigenvalue weighted by atomic mass is 9.89. The van der Waals surface area contributed by atoms with Crippen molar-refractivity contribution in [1.82, 2.24) is 15.0 Å². The van der Waals surface area contributed by atoms with E-state index in [4.69, 9.17) is 15.0 Å². The second-order valence-electron chi connectivity index (χ2n) is 13.9. The first-order chi connectivity index (χ1) is 26.8. The molecule has 0 saturated heterocycles. The fourth-order valence-corrected chi connectivity index (χ4v) is 8.38. The van der Waals surface area contributed by atoms with E-state index in [1.807, 2.05) is 0 Å². The maximum atomic E-state index is 5.43. The molecule has 0 spiro atoms. The topological polar surface area (TPSA) is 38.7 Å². The summed E-state index contributed by atoms with van der Waals surface area (Å²) in [5.74, 6) is 0.699. The van der Waals surface area contributed by atoms with Crippen LogP contribution in [0.2, 0.25) is 0 Å². The van der Waals surface area contributed by atoms with E-state index in [0.29, 0.717) is 5.82 Å². The van der Waals surface area contributed by atoms with Gasteiger partial charge in [0.1, 0.15) is 0 Å². The Hall–Kier alpha value is -7.23. The molecule has 0 fully saturated rings. The van der Waals surface area contributed by atoms with Gasteiger partial charge in [-0.15, -0.1) is 0 Å². The lowest BCUT2D eigenvalue weighted by molar-refractivity contribution is 1.19. The molecule has 2 heterocycles. The molecule has 3 heteroatoms. The molecular weight excluding hydrogens is 655 g/mol. The number of pyridine rings is 1. The second-order valence-corrected chi connectivity index (χ2v) is 13.9. The van der Waals surface area contributed by atoms with Gasteiger partial charge in [0.15, 0.2) is 5.82 Å². The standard InChI is InChI=1S/C51H31N3/c1-3-20-36-32(14-1)16-12-27-40(36)47-31-46(53-51(54-47)43-28-13-17-33-15-2-4-21-37(33)43)34-18-11-19-35(30-34)50-49-42-25-8-6-23-39(42)38-22-5-7-24-41(38)48(49)44-26-9-10-29-45(44)52-50/h1-31H. The third-order valence-corrected chi connectivity index (χ3v) is 10.8. The predicted octanol–water partition coefficient (Wildman–Crippen LogP) is 13.5. The average molecular weight is 686 g/mol. The maximum absolute atomic E-state index is 5.43. The Morgan fingerprint density at radius 1 is 0.296 bits per heavy atom. The summed E-state index contributed by atoms with van der Waals surface area (Å²) in [4.78, 5) is 16.1. The number of benzene rings is 9. The first-order valence-electron chi connectivity index (χ1n) is 18.4. The largest absolute Gasteiger partial charge is 0.247 e. The van der Waals surface area contributed by atoms with Crippen LogP contribution in [0.5, 0.6) is 0 Å². The molecule has 9 aromatic carbocycles. The second kappa shape index (κ2) is 12.2. The quantitative estimate of drug-likeness (QED) is 0.173. The zero-order valence-electron chi connectivity index (χ0n) is 29.2. The Labute approximate surface area is 311 Å². The molecule has 0 aliphatic carbocycles. The van der Waals surface area contributed by atoms with Crippen molar-refractivity contribution in [3.63, 3.8) is 0 Å². The molecule has 11 aromatic rings. The molecule has 0 atom stereocenters. The minimum atomic E-state index is 0.699. The van der Waals surface area contributed by atoms with Crippen LogP contribution in [0.15, 0.2) is 188 Å². The van der Waals surface area contributed by atoms with E-state index in [1.54, 1.807) is 0 Å². The molecule has 0 saturated carbocycles. The van der Waals surface area contributed by atoms with Gasteiger partial charge in [-0.2, -0.15) is 0 Å². The SMILES string of the molecule is c1cc(-c2cc(-c3cccc4ccccc34)nc(-c3cccc4ccccc34)n2)cc(-c2nc3ccccc3c3c4ccccc4c4ccccc4c23)c1. The Bertz CT molecular complexity index is 3180. The fourth-order valence-electron chi connectivity index (χ4n) is 8.38. The van der Waals surface area contributed by atoms with Crippen LogP contribution in [0.3, 0.4) is 0 Å². The first kappa shape index (κ1) is 30.4. The summed E-state index contributed by atoms with van der Waals surface area (Å²) in [6.45, 7) is 0. The van der Waals surface area contributed by atoms with Crippen LogP contribution in [0.25, 0.3) is 110 Å². The maximum Gasteiger partial charge on any atom is 0.161 e. The van der Waals surface area contributed by atoms with Crippen LogP contribution < -0.4 is 0 Å². The zero-order valence-corrected chi connectivity index (χ0v) is 29.2. The van der Waals surface area contributed by atoms with E-state index in [2.05, 4.69) is 188 Å². The van der Waals surface area contributed by atoms with Crippen molar-refractivity contribution in [2.75, 3.05) is 0 Å². The van der Waals surface area contributed by atoms with Gasteiger partial charge >= 0.3 is 0 Å². The number of fused-ring (bicyclic) bond motifs is 10. The molecule has 0 amide bonds. The van der Waals surface area contributed by atoms with Gasteiger partial charge in [-0.1, -0.05) is 170 Å². The summed E-state index contributed by atoms with van der Waals surface area (Å²) in [5, 5.41) is 13.1. The molecular formula is C51H31N3. The molecule has 0 aliphatic rings. The third kappa shape index (κ3) is 4.79. The van der Waals surface area contributed by atoms with Crippen molar-refractivity contribution >= 4 is 64.8 Å². The Morgan fingerprint density at radius 2 is 0.796 bits per heavy atom. The van der Waals surface area contributed by atoms with Gasteiger partial charge in [-0.25, -0.2) is 15.0 Å². The summed E-state index contributed by atoms with van der Waals surface area (Å²) in [5.41, 5.74) is 7.82. The lowest BCUT2D eigenvalue weighted by Gasteiger charge is -2.17. The van der Waals surface area contributed by atoms with E-state index >= 15 is 0 Å². The number of nitrogens with zero attached hydrogens (tertiary/aromatic N) is 3. The third-order valence-electron chi connectivity index (χ3n) is 10.8. The molecule has 250 valence electrons. The summed E-state index contributed by atoms with van der Waals surface area (Å²) in [7, 11) is 0. The van der Waals surface area contributed by atoms with Gasteiger partial charge in [0.2, 0.25) is 0 Å². The van der Waals surface area contributed by atoms with Crippen LogP contribution in [0.1, 0.15) is 0 Å². The summed E-state index contributed by atoms with van der Waals surface area (Å²) in [6.07, 6.45) is 0. The lowest BCUT2D eigenvalue weighted by Crippen LogP contribution is -1.97. The van der Waals surface area contributed by atoms with E-state index < -0.39 is 0 Å². The van der Waals surface area contributed by atoms with Gasteiger partial charge in [0.25, 0.3) is 0 Å². The van der Waals surface area contributed by atoms with E-state index in [0.717, 1.165) is 71.8 Å². The van der Waals surface area contributed by atoms with Gasteiger partial charge in [-0.3, -0.25) is 0 Å².